The molecule has 0 aliphatic heterocycles. The summed E-state index contributed by atoms with van der Waals surface area (Å²) in [5, 5.41) is 5.51. The third-order valence-corrected chi connectivity index (χ3v) is 3.17. The zero-order valence-corrected chi connectivity index (χ0v) is 13.5. The van der Waals surface area contributed by atoms with Crippen molar-refractivity contribution in [2.45, 2.75) is 33.2 Å². The van der Waals surface area contributed by atoms with Crippen molar-refractivity contribution in [3.8, 4) is 0 Å². The van der Waals surface area contributed by atoms with Gasteiger partial charge in [0.1, 0.15) is 5.82 Å². The average Bonchev–Trinajstić information content (AvgIpc) is 2.46. The van der Waals surface area contributed by atoms with Crippen molar-refractivity contribution in [1.29, 1.82) is 0 Å². The molecule has 122 valence electrons. The number of nitrogens with zero attached hydrogens (tertiary/aromatic N) is 2. The SMILES string of the molecule is CC(C)(C)CC(NC(=O)Nc1cncc(F)c1)c1cccnc1. The highest BCUT2D eigenvalue weighted by Crippen LogP contribution is 2.29. The molecule has 5 nitrogen and oxygen atoms in total. The van der Waals surface area contributed by atoms with Crippen LogP contribution in [-0.2, 0) is 0 Å². The van der Waals surface area contributed by atoms with Gasteiger partial charge >= 0.3 is 6.03 Å². The number of halogens is 1. The fourth-order valence-electron chi connectivity index (χ4n) is 2.25. The lowest BCUT2D eigenvalue weighted by molar-refractivity contribution is 0.241. The number of hydrogen-bond donors (Lipinski definition) is 2. The van der Waals surface area contributed by atoms with Gasteiger partial charge in [0.15, 0.2) is 0 Å². The first-order chi connectivity index (χ1) is 10.8. The van der Waals surface area contributed by atoms with Crippen molar-refractivity contribution in [1.82, 2.24) is 15.3 Å². The number of aromatic nitrogens is 2. The molecule has 0 aliphatic carbocycles. The van der Waals surface area contributed by atoms with Crippen LogP contribution in [0.5, 0.6) is 0 Å². The van der Waals surface area contributed by atoms with Crippen molar-refractivity contribution in [2.24, 2.45) is 5.41 Å². The van der Waals surface area contributed by atoms with E-state index in [0.717, 1.165) is 18.2 Å². The average molecular weight is 316 g/mol. The molecule has 1 atom stereocenters. The Morgan fingerprint density at radius 2 is 2.04 bits per heavy atom. The van der Waals surface area contributed by atoms with Crippen LogP contribution in [0.3, 0.4) is 0 Å². The molecule has 0 radical (unpaired) electrons. The second-order valence-corrected chi connectivity index (χ2v) is 6.59. The van der Waals surface area contributed by atoms with E-state index in [4.69, 9.17) is 0 Å². The van der Waals surface area contributed by atoms with Crippen LogP contribution in [0, 0.1) is 11.2 Å². The van der Waals surface area contributed by atoms with Crippen molar-refractivity contribution in [3.05, 3.63) is 54.4 Å². The molecule has 0 saturated heterocycles. The Bertz CT molecular complexity index is 655. The van der Waals surface area contributed by atoms with Gasteiger partial charge in [0.05, 0.1) is 24.1 Å². The molecule has 2 amide bonds. The number of amides is 2. The molecular formula is C17H21FN4O. The minimum atomic E-state index is -0.499. The Labute approximate surface area is 135 Å². The topological polar surface area (TPSA) is 66.9 Å². The fraction of sp³-hybridized carbons (Fsp3) is 0.353. The third kappa shape index (κ3) is 5.65. The lowest BCUT2D eigenvalue weighted by Gasteiger charge is -2.27. The second kappa shape index (κ2) is 7.17. The van der Waals surface area contributed by atoms with Gasteiger partial charge in [-0.2, -0.15) is 0 Å². The van der Waals surface area contributed by atoms with Gasteiger partial charge in [-0.25, -0.2) is 9.18 Å². The molecule has 23 heavy (non-hydrogen) atoms. The molecule has 0 spiro atoms. The van der Waals surface area contributed by atoms with E-state index in [-0.39, 0.29) is 11.5 Å². The van der Waals surface area contributed by atoms with E-state index >= 15 is 0 Å². The van der Waals surface area contributed by atoms with Gasteiger partial charge < -0.3 is 10.6 Å². The number of pyridine rings is 2. The molecule has 0 aliphatic rings. The molecule has 1 unspecified atom stereocenters. The maximum absolute atomic E-state index is 13.1. The number of urea groups is 1. The van der Waals surface area contributed by atoms with Gasteiger partial charge in [-0.15, -0.1) is 0 Å². The van der Waals surface area contributed by atoms with Crippen LogP contribution in [0.1, 0.15) is 38.8 Å². The number of anilines is 1. The first-order valence-corrected chi connectivity index (χ1v) is 7.41. The molecular weight excluding hydrogens is 295 g/mol. The molecule has 2 heterocycles. The summed E-state index contributed by atoms with van der Waals surface area (Å²) in [5.74, 6) is -0.499. The fourth-order valence-corrected chi connectivity index (χ4v) is 2.25. The van der Waals surface area contributed by atoms with Crippen molar-refractivity contribution < 1.29 is 9.18 Å². The summed E-state index contributed by atoms with van der Waals surface area (Å²) < 4.78 is 13.1. The predicted molar refractivity (Wildman–Crippen MR) is 87.4 cm³/mol. The predicted octanol–water partition coefficient (Wildman–Crippen LogP) is 3.91. The Hall–Kier alpha value is -2.50. The smallest absolute Gasteiger partial charge is 0.319 e. The maximum Gasteiger partial charge on any atom is 0.319 e. The molecule has 0 fully saturated rings. The molecule has 2 aromatic heterocycles. The van der Waals surface area contributed by atoms with Crippen molar-refractivity contribution in [2.75, 3.05) is 5.32 Å². The van der Waals surface area contributed by atoms with Crippen molar-refractivity contribution in [3.63, 3.8) is 0 Å². The molecule has 6 heteroatoms. The number of nitrogens with one attached hydrogen (secondary N) is 2. The number of hydrogen-bond acceptors (Lipinski definition) is 3. The Morgan fingerprint density at radius 1 is 1.26 bits per heavy atom. The van der Waals surface area contributed by atoms with E-state index in [2.05, 4.69) is 41.4 Å². The van der Waals surface area contributed by atoms with Gasteiger partial charge in [0.2, 0.25) is 0 Å². The number of carbonyl (C=O) groups is 1. The van der Waals surface area contributed by atoms with Crippen LogP contribution in [0.15, 0.2) is 43.0 Å². The summed E-state index contributed by atoms with van der Waals surface area (Å²) in [6.07, 6.45) is 6.65. The van der Waals surface area contributed by atoms with Crippen LogP contribution in [-0.4, -0.2) is 16.0 Å². The normalized spacial score (nSPS) is 12.5. The van der Waals surface area contributed by atoms with E-state index in [9.17, 15) is 9.18 Å². The molecule has 0 saturated carbocycles. The Balaban J connectivity index is 2.09. The molecule has 2 N–H and O–H groups in total. The zero-order valence-electron chi connectivity index (χ0n) is 13.5. The van der Waals surface area contributed by atoms with Gasteiger partial charge in [0, 0.05) is 18.5 Å². The minimum Gasteiger partial charge on any atom is -0.331 e. The van der Waals surface area contributed by atoms with Crippen LogP contribution >= 0.6 is 0 Å². The first-order valence-electron chi connectivity index (χ1n) is 7.41. The lowest BCUT2D eigenvalue weighted by atomic mass is 9.86. The van der Waals surface area contributed by atoms with E-state index < -0.39 is 11.8 Å². The highest BCUT2D eigenvalue weighted by molar-refractivity contribution is 5.89. The maximum atomic E-state index is 13.1. The largest absolute Gasteiger partial charge is 0.331 e. The number of carbonyl (C=O) groups excluding carboxylic acids is 1. The van der Waals surface area contributed by atoms with E-state index in [1.807, 2.05) is 12.1 Å². The molecule has 0 bridgehead atoms. The van der Waals surface area contributed by atoms with Gasteiger partial charge in [-0.1, -0.05) is 26.8 Å². The number of rotatable bonds is 4. The summed E-state index contributed by atoms with van der Waals surface area (Å²) in [6, 6.07) is 4.38. The van der Waals surface area contributed by atoms with Gasteiger partial charge in [0.25, 0.3) is 0 Å². The van der Waals surface area contributed by atoms with Gasteiger partial charge in [-0.05, 0) is 23.5 Å². The van der Waals surface area contributed by atoms with Crippen LogP contribution in [0.4, 0.5) is 14.9 Å². The van der Waals surface area contributed by atoms with Crippen LogP contribution in [0.2, 0.25) is 0 Å². The van der Waals surface area contributed by atoms with E-state index in [0.29, 0.717) is 5.69 Å². The summed E-state index contributed by atoms with van der Waals surface area (Å²) in [7, 11) is 0. The molecule has 2 aromatic rings. The van der Waals surface area contributed by atoms with Crippen molar-refractivity contribution >= 4 is 11.7 Å². The monoisotopic (exact) mass is 316 g/mol. The van der Waals surface area contributed by atoms with Gasteiger partial charge in [-0.3, -0.25) is 9.97 Å². The Kier molecular flexibility index (Phi) is 5.26. The lowest BCUT2D eigenvalue weighted by Crippen LogP contribution is -2.34. The minimum absolute atomic E-state index is 0.0220. The summed E-state index contributed by atoms with van der Waals surface area (Å²) >= 11 is 0. The van der Waals surface area contributed by atoms with Crippen LogP contribution in [0.25, 0.3) is 0 Å². The second-order valence-electron chi connectivity index (χ2n) is 6.59. The summed E-state index contributed by atoms with van der Waals surface area (Å²) in [5.41, 5.74) is 1.26. The van der Waals surface area contributed by atoms with Crippen LogP contribution < -0.4 is 10.6 Å². The summed E-state index contributed by atoms with van der Waals surface area (Å²) in [6.45, 7) is 6.31. The highest BCUT2D eigenvalue weighted by atomic mass is 19.1. The zero-order chi connectivity index (χ0) is 16.9. The third-order valence-electron chi connectivity index (χ3n) is 3.17. The Morgan fingerprint density at radius 3 is 2.65 bits per heavy atom. The van der Waals surface area contributed by atoms with E-state index in [1.165, 1.54) is 12.3 Å². The first kappa shape index (κ1) is 16.9. The van der Waals surface area contributed by atoms with E-state index in [1.54, 1.807) is 12.4 Å². The quantitative estimate of drug-likeness (QED) is 0.898. The molecule has 0 aromatic carbocycles. The standard InChI is InChI=1S/C17H21FN4O/c1-17(2,3)8-15(12-5-4-6-19-9-12)22-16(23)21-14-7-13(18)10-20-11-14/h4-7,9-11,15H,8H2,1-3H3,(H2,21,22,23). The molecule has 2 rings (SSSR count). The summed E-state index contributed by atoms with van der Waals surface area (Å²) in [4.78, 5) is 20.0. The highest BCUT2D eigenvalue weighted by Gasteiger charge is 2.22.